The van der Waals surface area contributed by atoms with Gasteiger partial charge in [-0.25, -0.2) is 0 Å². The lowest BCUT2D eigenvalue weighted by Crippen LogP contribution is -2.50. The van der Waals surface area contributed by atoms with E-state index in [1.165, 1.54) is 0 Å². The smallest absolute Gasteiger partial charge is 0.252 e. The number of benzene rings is 1. The minimum atomic E-state index is -1.28. The predicted octanol–water partition coefficient (Wildman–Crippen LogP) is 0.953. The van der Waals surface area contributed by atoms with Crippen molar-refractivity contribution in [1.82, 2.24) is 5.32 Å². The molecule has 0 aliphatic heterocycles. The van der Waals surface area contributed by atoms with Gasteiger partial charge < -0.3 is 15.2 Å². The summed E-state index contributed by atoms with van der Waals surface area (Å²) in [5.41, 5.74) is 0.402. The Bertz CT molecular complexity index is 432. The second-order valence-corrected chi connectivity index (χ2v) is 4.85. The van der Waals surface area contributed by atoms with Crippen molar-refractivity contribution in [1.29, 1.82) is 0 Å². The topological polar surface area (TPSA) is 69.2 Å². The number of carbonyl (C=O) groups excluding carboxylic acids is 2. The van der Waals surface area contributed by atoms with Crippen LogP contribution in [0, 0.1) is 5.92 Å². The molecule has 1 rings (SSSR count). The molecule has 0 saturated heterocycles. The fourth-order valence-corrected chi connectivity index (χ4v) is 1.83. The highest BCUT2D eigenvalue weighted by Crippen LogP contribution is 2.16. The highest BCUT2D eigenvalue weighted by molar-refractivity contribution is 9.10. The summed E-state index contributed by atoms with van der Waals surface area (Å²) in [6.07, 6.45) is 0. The minimum Gasteiger partial charge on any atom is -0.548 e. The van der Waals surface area contributed by atoms with Crippen LogP contribution in [0.5, 0.6) is 0 Å². The number of aliphatic carboxylic acids is 1. The number of rotatable bonds is 4. The van der Waals surface area contributed by atoms with Crippen molar-refractivity contribution in [3.8, 4) is 0 Å². The maximum Gasteiger partial charge on any atom is 0.252 e. The van der Waals surface area contributed by atoms with E-state index in [-0.39, 0.29) is 5.92 Å². The van der Waals surface area contributed by atoms with Gasteiger partial charge in [0, 0.05) is 4.47 Å². The Kier molecular flexibility index (Phi) is 4.69. The molecule has 0 fully saturated rings. The minimum absolute atomic E-state index is 0.230. The molecule has 5 heteroatoms. The Morgan fingerprint density at radius 3 is 2.35 bits per heavy atom. The Morgan fingerprint density at radius 1 is 1.29 bits per heavy atom. The van der Waals surface area contributed by atoms with Crippen LogP contribution in [0.1, 0.15) is 24.2 Å². The average molecular weight is 299 g/mol. The van der Waals surface area contributed by atoms with Crippen molar-refractivity contribution in [2.75, 3.05) is 0 Å². The number of carbonyl (C=O) groups is 2. The third kappa shape index (κ3) is 3.56. The first-order valence-corrected chi connectivity index (χ1v) is 5.99. The first-order valence-electron chi connectivity index (χ1n) is 5.19. The van der Waals surface area contributed by atoms with Gasteiger partial charge in [-0.05, 0) is 34.0 Å². The number of carboxylic acid groups (broad SMARTS) is 1. The number of amides is 1. The molecule has 0 aliphatic rings. The zero-order chi connectivity index (χ0) is 13.0. The van der Waals surface area contributed by atoms with Crippen LogP contribution in [0.4, 0.5) is 0 Å². The van der Waals surface area contributed by atoms with E-state index < -0.39 is 17.9 Å². The summed E-state index contributed by atoms with van der Waals surface area (Å²) in [6, 6.07) is 5.84. The molecule has 4 nitrogen and oxygen atoms in total. The summed E-state index contributed by atoms with van der Waals surface area (Å²) in [7, 11) is 0. The van der Waals surface area contributed by atoms with Gasteiger partial charge in [0.25, 0.3) is 5.91 Å². The normalized spacial score (nSPS) is 12.2. The molecule has 0 unspecified atom stereocenters. The van der Waals surface area contributed by atoms with E-state index in [1.54, 1.807) is 38.1 Å². The summed E-state index contributed by atoms with van der Waals surface area (Å²) in [6.45, 7) is 3.42. The first kappa shape index (κ1) is 13.7. The van der Waals surface area contributed by atoms with E-state index in [1.807, 2.05) is 0 Å². The molecular weight excluding hydrogens is 286 g/mol. The van der Waals surface area contributed by atoms with Gasteiger partial charge in [0.05, 0.1) is 17.6 Å². The van der Waals surface area contributed by atoms with E-state index in [9.17, 15) is 14.7 Å². The van der Waals surface area contributed by atoms with Gasteiger partial charge in [0.1, 0.15) is 0 Å². The van der Waals surface area contributed by atoms with E-state index in [4.69, 9.17) is 0 Å². The van der Waals surface area contributed by atoms with Gasteiger partial charge in [-0.15, -0.1) is 0 Å². The van der Waals surface area contributed by atoms with E-state index in [2.05, 4.69) is 21.2 Å². The van der Waals surface area contributed by atoms with Crippen LogP contribution in [0.2, 0.25) is 0 Å². The summed E-state index contributed by atoms with van der Waals surface area (Å²) < 4.78 is 0.623. The van der Waals surface area contributed by atoms with Gasteiger partial charge in [-0.3, -0.25) is 4.79 Å². The predicted molar refractivity (Wildman–Crippen MR) is 65.2 cm³/mol. The van der Waals surface area contributed by atoms with Crippen molar-refractivity contribution in [2.24, 2.45) is 5.92 Å². The molecule has 17 heavy (non-hydrogen) atoms. The van der Waals surface area contributed by atoms with Crippen LogP contribution in [0.25, 0.3) is 0 Å². The molecule has 0 radical (unpaired) electrons. The van der Waals surface area contributed by atoms with Crippen LogP contribution < -0.4 is 10.4 Å². The number of hydrogen-bond donors (Lipinski definition) is 1. The van der Waals surface area contributed by atoms with Gasteiger partial charge in [-0.1, -0.05) is 26.0 Å². The number of nitrogens with one attached hydrogen (secondary N) is 1. The highest BCUT2D eigenvalue weighted by atomic mass is 79.9. The summed E-state index contributed by atoms with van der Waals surface area (Å²) in [5.74, 6) is -1.94. The number of carboxylic acids is 1. The fraction of sp³-hybridized carbons (Fsp3) is 0.333. The second-order valence-electron chi connectivity index (χ2n) is 3.99. The van der Waals surface area contributed by atoms with Crippen molar-refractivity contribution >= 4 is 27.8 Å². The van der Waals surface area contributed by atoms with Crippen molar-refractivity contribution < 1.29 is 14.7 Å². The van der Waals surface area contributed by atoms with Gasteiger partial charge in [0.15, 0.2) is 0 Å². The highest BCUT2D eigenvalue weighted by Gasteiger charge is 2.19. The molecule has 0 bridgehead atoms. The molecule has 0 heterocycles. The molecule has 0 spiro atoms. The van der Waals surface area contributed by atoms with Gasteiger partial charge >= 0.3 is 0 Å². The summed E-state index contributed by atoms with van der Waals surface area (Å²) >= 11 is 3.24. The lowest BCUT2D eigenvalue weighted by Gasteiger charge is -2.23. The first-order chi connectivity index (χ1) is 7.93. The molecule has 0 aromatic heterocycles. The largest absolute Gasteiger partial charge is 0.548 e. The molecular formula is C12H13BrNO3-. The zero-order valence-corrected chi connectivity index (χ0v) is 11.2. The standard InChI is InChI=1S/C12H14BrNO3/c1-7(2)10(12(16)17)14-11(15)8-5-3-4-6-9(8)13/h3-7,10H,1-2H3,(H,14,15)(H,16,17)/p-1/t10-/m0/s1. The third-order valence-corrected chi connectivity index (χ3v) is 3.02. The SMILES string of the molecule is CC(C)[C@H](NC(=O)c1ccccc1Br)C(=O)[O-]. The maximum atomic E-state index is 11.9. The Hall–Kier alpha value is -1.36. The van der Waals surface area contributed by atoms with E-state index in [0.717, 1.165) is 0 Å². The number of hydrogen-bond acceptors (Lipinski definition) is 3. The van der Waals surface area contributed by atoms with Crippen molar-refractivity contribution in [3.63, 3.8) is 0 Å². The average Bonchev–Trinajstić information content (AvgIpc) is 2.25. The fourth-order valence-electron chi connectivity index (χ4n) is 1.36. The lowest BCUT2D eigenvalue weighted by atomic mass is 10.0. The zero-order valence-electron chi connectivity index (χ0n) is 9.57. The Balaban J connectivity index is 2.85. The van der Waals surface area contributed by atoms with Gasteiger partial charge in [0.2, 0.25) is 0 Å². The van der Waals surface area contributed by atoms with E-state index in [0.29, 0.717) is 10.0 Å². The van der Waals surface area contributed by atoms with Crippen molar-refractivity contribution in [2.45, 2.75) is 19.9 Å². The molecule has 1 atom stereocenters. The second kappa shape index (κ2) is 5.82. The van der Waals surface area contributed by atoms with Crippen LogP contribution in [0.3, 0.4) is 0 Å². The van der Waals surface area contributed by atoms with Crippen LogP contribution >= 0.6 is 15.9 Å². The van der Waals surface area contributed by atoms with Crippen LogP contribution in [0.15, 0.2) is 28.7 Å². The van der Waals surface area contributed by atoms with Crippen molar-refractivity contribution in [3.05, 3.63) is 34.3 Å². The van der Waals surface area contributed by atoms with E-state index >= 15 is 0 Å². The molecule has 0 saturated carbocycles. The van der Waals surface area contributed by atoms with Crippen LogP contribution in [-0.2, 0) is 4.79 Å². The molecule has 1 N–H and O–H groups in total. The monoisotopic (exact) mass is 298 g/mol. The summed E-state index contributed by atoms with van der Waals surface area (Å²) in [5, 5.41) is 13.3. The quantitative estimate of drug-likeness (QED) is 0.900. The maximum absolute atomic E-state index is 11.9. The molecule has 0 aliphatic carbocycles. The van der Waals surface area contributed by atoms with Crippen LogP contribution in [-0.4, -0.2) is 17.9 Å². The number of halogens is 1. The Labute approximate surface area is 108 Å². The molecule has 92 valence electrons. The molecule has 1 aromatic rings. The third-order valence-electron chi connectivity index (χ3n) is 2.33. The lowest BCUT2D eigenvalue weighted by molar-refractivity contribution is -0.309. The molecule has 1 aromatic carbocycles. The summed E-state index contributed by atoms with van der Waals surface area (Å²) in [4.78, 5) is 22.7. The van der Waals surface area contributed by atoms with Gasteiger partial charge in [-0.2, -0.15) is 0 Å². The molecule has 1 amide bonds. The Morgan fingerprint density at radius 2 is 1.88 bits per heavy atom.